The van der Waals surface area contributed by atoms with Gasteiger partial charge in [-0.05, 0) is 0 Å². The van der Waals surface area contributed by atoms with Gasteiger partial charge in [-0.2, -0.15) is 0 Å². The first kappa shape index (κ1) is 10.3. The van der Waals surface area contributed by atoms with Gasteiger partial charge in [0.1, 0.15) is 5.52 Å². The van der Waals surface area contributed by atoms with Crippen LogP contribution in [0.3, 0.4) is 0 Å². The molecule has 2 rings (SSSR count). The number of hydrogen-bond donors (Lipinski definition) is 3. The van der Waals surface area contributed by atoms with Gasteiger partial charge in [0.25, 0.3) is 11.1 Å². The number of aliphatic hydroxyl groups excluding tert-OH is 1. The van der Waals surface area contributed by atoms with Crippen LogP contribution in [0.25, 0.3) is 11.0 Å². The molecule has 16 heavy (non-hydrogen) atoms. The van der Waals surface area contributed by atoms with Gasteiger partial charge in [-0.15, -0.1) is 0 Å². The summed E-state index contributed by atoms with van der Waals surface area (Å²) in [5, 5.41) is 8.70. The summed E-state index contributed by atoms with van der Waals surface area (Å²) in [6.07, 6.45) is 1.15. The highest BCUT2D eigenvalue weighted by Crippen LogP contribution is 1.92. The monoisotopic (exact) mass is 224 g/mol. The number of aromatic amines is 2. The second-order valence-corrected chi connectivity index (χ2v) is 3.10. The quantitative estimate of drug-likeness (QED) is 0.532. The molecule has 8 heteroatoms. The van der Waals surface area contributed by atoms with E-state index in [2.05, 4.69) is 9.97 Å². The minimum atomic E-state index is -0.766. The maximum Gasteiger partial charge on any atom is 0.326 e. The van der Waals surface area contributed by atoms with Crippen LogP contribution in [0, 0.1) is 0 Å². The summed E-state index contributed by atoms with van der Waals surface area (Å²) in [6, 6.07) is 0. The Hall–Kier alpha value is -2.22. The van der Waals surface area contributed by atoms with E-state index in [4.69, 9.17) is 5.11 Å². The summed E-state index contributed by atoms with van der Waals surface area (Å²) in [4.78, 5) is 41.9. The SMILES string of the molecule is O=c1[nH]c(=O)c2ncn(CCO)c(=O)c2[nH]1. The van der Waals surface area contributed by atoms with Crippen LogP contribution in [0.1, 0.15) is 0 Å². The van der Waals surface area contributed by atoms with Crippen LogP contribution in [-0.2, 0) is 6.54 Å². The summed E-state index contributed by atoms with van der Waals surface area (Å²) in [5.41, 5.74) is -2.34. The summed E-state index contributed by atoms with van der Waals surface area (Å²) in [7, 11) is 0. The third kappa shape index (κ3) is 1.54. The van der Waals surface area contributed by atoms with Crippen LogP contribution in [0.2, 0.25) is 0 Å². The van der Waals surface area contributed by atoms with E-state index in [0.29, 0.717) is 0 Å². The Morgan fingerprint density at radius 2 is 2.06 bits per heavy atom. The molecule has 2 aromatic rings. The van der Waals surface area contributed by atoms with Crippen LogP contribution in [0.4, 0.5) is 0 Å². The van der Waals surface area contributed by atoms with Gasteiger partial charge in [-0.3, -0.25) is 19.1 Å². The first-order valence-electron chi connectivity index (χ1n) is 4.46. The molecule has 0 bridgehead atoms. The molecule has 84 valence electrons. The molecule has 0 aliphatic rings. The molecule has 0 amide bonds. The van der Waals surface area contributed by atoms with Crippen molar-refractivity contribution in [3.05, 3.63) is 37.5 Å². The zero-order valence-electron chi connectivity index (χ0n) is 8.06. The molecular formula is C8H8N4O4. The van der Waals surface area contributed by atoms with Crippen molar-refractivity contribution in [3.8, 4) is 0 Å². The van der Waals surface area contributed by atoms with E-state index in [9.17, 15) is 14.4 Å². The molecule has 2 aromatic heterocycles. The largest absolute Gasteiger partial charge is 0.395 e. The van der Waals surface area contributed by atoms with E-state index in [1.807, 2.05) is 4.98 Å². The topological polar surface area (TPSA) is 121 Å². The second kappa shape index (κ2) is 3.74. The third-order valence-electron chi connectivity index (χ3n) is 2.06. The Labute approximate surface area is 87.2 Å². The van der Waals surface area contributed by atoms with Crippen LogP contribution in [0.5, 0.6) is 0 Å². The summed E-state index contributed by atoms with van der Waals surface area (Å²) in [6.45, 7) is -0.183. The fourth-order valence-corrected chi connectivity index (χ4v) is 1.35. The first-order chi connectivity index (χ1) is 7.63. The zero-order chi connectivity index (χ0) is 11.7. The van der Waals surface area contributed by atoms with Crippen LogP contribution in [0.15, 0.2) is 20.7 Å². The minimum Gasteiger partial charge on any atom is -0.395 e. The first-order valence-corrected chi connectivity index (χ1v) is 4.46. The number of nitrogens with zero attached hydrogens (tertiary/aromatic N) is 2. The second-order valence-electron chi connectivity index (χ2n) is 3.10. The standard InChI is InChI=1S/C8H8N4O4/c13-2-1-12-3-9-4-5(7(12)15)10-8(16)11-6(4)14/h3,13H,1-2H2,(H2,10,11,14,16). The number of H-pyrrole nitrogens is 2. The lowest BCUT2D eigenvalue weighted by molar-refractivity contribution is 0.274. The summed E-state index contributed by atoms with van der Waals surface area (Å²) in [5.74, 6) is 0. The minimum absolute atomic E-state index is 0.0522. The molecule has 0 unspecified atom stereocenters. The zero-order valence-corrected chi connectivity index (χ0v) is 8.06. The van der Waals surface area contributed by atoms with Gasteiger partial charge >= 0.3 is 5.69 Å². The van der Waals surface area contributed by atoms with E-state index < -0.39 is 16.8 Å². The molecule has 0 saturated heterocycles. The molecule has 0 aliphatic heterocycles. The highest BCUT2D eigenvalue weighted by atomic mass is 16.3. The van der Waals surface area contributed by atoms with Crippen molar-refractivity contribution < 1.29 is 5.11 Å². The predicted octanol–water partition coefficient (Wildman–Crippen LogP) is -2.23. The molecular weight excluding hydrogens is 216 g/mol. The van der Waals surface area contributed by atoms with Crippen LogP contribution >= 0.6 is 0 Å². The van der Waals surface area contributed by atoms with Crippen LogP contribution in [-0.4, -0.2) is 31.2 Å². The van der Waals surface area contributed by atoms with E-state index in [-0.39, 0.29) is 24.2 Å². The van der Waals surface area contributed by atoms with Gasteiger partial charge in [0, 0.05) is 0 Å². The molecule has 0 radical (unpaired) electrons. The fourth-order valence-electron chi connectivity index (χ4n) is 1.35. The molecule has 2 heterocycles. The number of rotatable bonds is 2. The highest BCUT2D eigenvalue weighted by Gasteiger charge is 2.07. The molecule has 0 aromatic carbocycles. The number of aliphatic hydroxyl groups is 1. The van der Waals surface area contributed by atoms with Crippen molar-refractivity contribution in [2.45, 2.75) is 6.54 Å². The normalized spacial score (nSPS) is 10.8. The molecule has 0 aliphatic carbocycles. The van der Waals surface area contributed by atoms with Crippen molar-refractivity contribution in [1.82, 2.24) is 19.5 Å². The molecule has 0 saturated carbocycles. The van der Waals surface area contributed by atoms with Gasteiger partial charge in [0.15, 0.2) is 5.52 Å². The maximum absolute atomic E-state index is 11.7. The van der Waals surface area contributed by atoms with E-state index in [1.165, 1.54) is 0 Å². The molecule has 8 nitrogen and oxygen atoms in total. The number of nitrogens with one attached hydrogen (secondary N) is 2. The Balaban J connectivity index is 2.89. The number of hydrogen-bond acceptors (Lipinski definition) is 5. The Bertz CT molecular complexity index is 695. The van der Waals surface area contributed by atoms with Gasteiger partial charge in [0.05, 0.1) is 19.5 Å². The van der Waals surface area contributed by atoms with Crippen LogP contribution < -0.4 is 16.8 Å². The maximum atomic E-state index is 11.7. The van der Waals surface area contributed by atoms with Gasteiger partial charge in [-0.1, -0.05) is 0 Å². The Morgan fingerprint density at radius 1 is 1.31 bits per heavy atom. The Kier molecular flexibility index (Phi) is 2.41. The van der Waals surface area contributed by atoms with Crippen molar-refractivity contribution in [1.29, 1.82) is 0 Å². The lowest BCUT2D eigenvalue weighted by atomic mass is 10.4. The highest BCUT2D eigenvalue weighted by molar-refractivity contribution is 5.70. The van der Waals surface area contributed by atoms with E-state index in [1.54, 1.807) is 0 Å². The molecule has 0 spiro atoms. The van der Waals surface area contributed by atoms with E-state index >= 15 is 0 Å². The molecule has 0 fully saturated rings. The summed E-state index contributed by atoms with van der Waals surface area (Å²) >= 11 is 0. The summed E-state index contributed by atoms with van der Waals surface area (Å²) < 4.78 is 1.11. The van der Waals surface area contributed by atoms with Crippen molar-refractivity contribution >= 4 is 11.0 Å². The molecule has 0 atom stereocenters. The average Bonchev–Trinajstić information content (AvgIpc) is 2.23. The van der Waals surface area contributed by atoms with Gasteiger partial charge < -0.3 is 10.1 Å². The lowest BCUT2D eigenvalue weighted by Gasteiger charge is -2.02. The lowest BCUT2D eigenvalue weighted by Crippen LogP contribution is -2.30. The average molecular weight is 224 g/mol. The number of aromatic nitrogens is 4. The van der Waals surface area contributed by atoms with Crippen molar-refractivity contribution in [2.75, 3.05) is 6.61 Å². The smallest absolute Gasteiger partial charge is 0.326 e. The predicted molar refractivity (Wildman–Crippen MR) is 54.3 cm³/mol. The Morgan fingerprint density at radius 3 is 2.75 bits per heavy atom. The van der Waals surface area contributed by atoms with Gasteiger partial charge in [0.2, 0.25) is 0 Å². The molecule has 3 N–H and O–H groups in total. The van der Waals surface area contributed by atoms with Gasteiger partial charge in [-0.25, -0.2) is 9.78 Å². The van der Waals surface area contributed by atoms with Crippen molar-refractivity contribution in [3.63, 3.8) is 0 Å². The van der Waals surface area contributed by atoms with Crippen molar-refractivity contribution in [2.24, 2.45) is 0 Å². The fraction of sp³-hybridized carbons (Fsp3) is 0.250. The third-order valence-corrected chi connectivity index (χ3v) is 2.06. The van der Waals surface area contributed by atoms with E-state index in [0.717, 1.165) is 10.9 Å². The number of fused-ring (bicyclic) bond motifs is 1.